The Kier molecular flexibility index (Phi) is 5.45. The van der Waals surface area contributed by atoms with E-state index in [9.17, 15) is 9.59 Å². The number of benzene rings is 1. The lowest BCUT2D eigenvalue weighted by Gasteiger charge is -2.32. The molecule has 3 rings (SSSR count). The maximum absolute atomic E-state index is 12.4. The van der Waals surface area contributed by atoms with Gasteiger partial charge in [0.1, 0.15) is 5.82 Å². The smallest absolute Gasteiger partial charge is 0.255 e. The van der Waals surface area contributed by atoms with Gasteiger partial charge in [-0.1, -0.05) is 18.2 Å². The summed E-state index contributed by atoms with van der Waals surface area (Å²) in [6, 6.07) is 9.22. The minimum absolute atomic E-state index is 0.0221. The van der Waals surface area contributed by atoms with E-state index in [0.29, 0.717) is 26.1 Å². The topological polar surface area (TPSA) is 76.5 Å². The highest BCUT2D eigenvalue weighted by molar-refractivity contribution is 5.94. The highest BCUT2D eigenvalue weighted by atomic mass is 16.5. The van der Waals surface area contributed by atoms with Gasteiger partial charge in [0.15, 0.2) is 6.10 Å². The molecular formula is C18H22N4O3. The van der Waals surface area contributed by atoms with Gasteiger partial charge in [-0.2, -0.15) is 0 Å². The van der Waals surface area contributed by atoms with E-state index in [2.05, 4.69) is 10.3 Å². The zero-order valence-corrected chi connectivity index (χ0v) is 14.2. The van der Waals surface area contributed by atoms with E-state index in [1.807, 2.05) is 48.0 Å². The Morgan fingerprint density at radius 3 is 2.84 bits per heavy atom. The fourth-order valence-corrected chi connectivity index (χ4v) is 2.79. The van der Waals surface area contributed by atoms with Crippen LogP contribution >= 0.6 is 0 Å². The number of aromatic nitrogens is 2. The number of hydrogen-bond acceptors (Lipinski definition) is 4. The molecule has 1 aliphatic heterocycles. The van der Waals surface area contributed by atoms with Crippen molar-refractivity contribution in [3.8, 4) is 0 Å². The Labute approximate surface area is 146 Å². The van der Waals surface area contributed by atoms with Gasteiger partial charge in [-0.25, -0.2) is 4.98 Å². The lowest BCUT2D eigenvalue weighted by Crippen LogP contribution is -2.50. The summed E-state index contributed by atoms with van der Waals surface area (Å²) in [6.07, 6.45) is 3.31. The quantitative estimate of drug-likeness (QED) is 0.892. The Hall–Kier alpha value is -2.67. The van der Waals surface area contributed by atoms with Crippen molar-refractivity contribution >= 4 is 17.5 Å². The molecule has 0 bridgehead atoms. The summed E-state index contributed by atoms with van der Waals surface area (Å²) in [5, 5.41) is 2.82. The molecule has 2 heterocycles. The number of anilines is 1. The van der Waals surface area contributed by atoms with E-state index >= 15 is 0 Å². The van der Waals surface area contributed by atoms with Crippen LogP contribution in [0.15, 0.2) is 42.7 Å². The van der Waals surface area contributed by atoms with Crippen LogP contribution in [0.25, 0.3) is 0 Å². The summed E-state index contributed by atoms with van der Waals surface area (Å²) >= 11 is 0. The molecule has 25 heavy (non-hydrogen) atoms. The van der Waals surface area contributed by atoms with Crippen LogP contribution in [0, 0.1) is 6.92 Å². The summed E-state index contributed by atoms with van der Waals surface area (Å²) in [7, 11) is 0. The van der Waals surface area contributed by atoms with E-state index in [4.69, 9.17) is 4.74 Å². The van der Waals surface area contributed by atoms with Crippen molar-refractivity contribution in [2.24, 2.45) is 0 Å². The van der Waals surface area contributed by atoms with Gasteiger partial charge < -0.3 is 19.5 Å². The van der Waals surface area contributed by atoms with Gasteiger partial charge in [-0.05, 0) is 19.1 Å². The third kappa shape index (κ3) is 4.45. The zero-order valence-electron chi connectivity index (χ0n) is 14.2. The fraction of sp³-hybridized carbons (Fsp3) is 0.389. The molecule has 1 aromatic carbocycles. The van der Waals surface area contributed by atoms with Crippen LogP contribution in [0.5, 0.6) is 0 Å². The number of ether oxygens (including phenoxy) is 1. The van der Waals surface area contributed by atoms with Crippen LogP contribution in [0.4, 0.5) is 5.69 Å². The number of carbonyl (C=O) groups is 2. The van der Waals surface area contributed by atoms with Gasteiger partial charge in [0.25, 0.3) is 5.91 Å². The summed E-state index contributed by atoms with van der Waals surface area (Å²) in [5.74, 6) is 0.679. The summed E-state index contributed by atoms with van der Waals surface area (Å²) in [5.41, 5.74) is 0.718. The highest BCUT2D eigenvalue weighted by Gasteiger charge is 2.29. The van der Waals surface area contributed by atoms with Crippen LogP contribution in [-0.4, -0.2) is 52.1 Å². The fourth-order valence-electron chi connectivity index (χ4n) is 2.79. The van der Waals surface area contributed by atoms with Crippen molar-refractivity contribution in [1.29, 1.82) is 0 Å². The van der Waals surface area contributed by atoms with E-state index in [1.165, 1.54) is 0 Å². The van der Waals surface area contributed by atoms with Crippen LogP contribution in [0.1, 0.15) is 12.2 Å². The number of morpholine rings is 1. The number of aryl methyl sites for hydroxylation is 2. The minimum atomic E-state index is -0.645. The molecule has 0 aliphatic carbocycles. The first kappa shape index (κ1) is 17.2. The Balaban J connectivity index is 1.52. The van der Waals surface area contributed by atoms with E-state index < -0.39 is 6.10 Å². The maximum Gasteiger partial charge on any atom is 0.255 e. The molecule has 0 spiro atoms. The molecule has 132 valence electrons. The molecule has 0 radical (unpaired) electrons. The third-order valence-electron chi connectivity index (χ3n) is 4.24. The molecule has 2 aromatic rings. The number of imidazole rings is 1. The first-order valence-corrected chi connectivity index (χ1v) is 8.36. The second-order valence-electron chi connectivity index (χ2n) is 5.97. The minimum Gasteiger partial charge on any atom is -0.365 e. The van der Waals surface area contributed by atoms with Gasteiger partial charge in [-0.3, -0.25) is 9.59 Å². The maximum atomic E-state index is 12.4. The van der Waals surface area contributed by atoms with Crippen LogP contribution in [-0.2, 0) is 20.9 Å². The number of nitrogens with one attached hydrogen (secondary N) is 1. The van der Waals surface area contributed by atoms with E-state index in [1.54, 1.807) is 11.1 Å². The predicted molar refractivity (Wildman–Crippen MR) is 93.0 cm³/mol. The Morgan fingerprint density at radius 2 is 2.12 bits per heavy atom. The number of hydrogen-bond donors (Lipinski definition) is 1. The molecule has 7 heteroatoms. The zero-order chi connectivity index (χ0) is 17.6. The average Bonchev–Trinajstić information content (AvgIpc) is 3.05. The van der Waals surface area contributed by atoms with E-state index in [-0.39, 0.29) is 18.4 Å². The third-order valence-corrected chi connectivity index (χ3v) is 4.24. The second-order valence-corrected chi connectivity index (χ2v) is 5.97. The normalized spacial score (nSPS) is 17.3. The SMILES string of the molecule is Cc1nccn1CCC(=O)N1CCOC(C(=O)Nc2ccccc2)C1. The Bertz CT molecular complexity index is 729. The van der Waals surface area contributed by atoms with Crippen molar-refractivity contribution < 1.29 is 14.3 Å². The van der Waals surface area contributed by atoms with Crippen LogP contribution < -0.4 is 5.32 Å². The molecule has 1 saturated heterocycles. The first-order chi connectivity index (χ1) is 12.1. The first-order valence-electron chi connectivity index (χ1n) is 8.36. The van der Waals surface area contributed by atoms with E-state index in [0.717, 1.165) is 11.5 Å². The van der Waals surface area contributed by atoms with Gasteiger partial charge in [0, 0.05) is 37.6 Å². The van der Waals surface area contributed by atoms with Crippen molar-refractivity contribution in [3.63, 3.8) is 0 Å². The highest BCUT2D eigenvalue weighted by Crippen LogP contribution is 2.12. The monoisotopic (exact) mass is 342 g/mol. The molecule has 1 N–H and O–H groups in total. The van der Waals surface area contributed by atoms with Crippen LogP contribution in [0.2, 0.25) is 0 Å². The van der Waals surface area contributed by atoms with Crippen molar-refractivity contribution in [1.82, 2.24) is 14.5 Å². The standard InChI is InChI=1S/C18H22N4O3/c1-14-19-8-10-21(14)9-7-17(23)22-11-12-25-16(13-22)18(24)20-15-5-3-2-4-6-15/h2-6,8,10,16H,7,9,11-13H2,1H3,(H,20,24). The molecule has 7 nitrogen and oxygen atoms in total. The summed E-state index contributed by atoms with van der Waals surface area (Å²) in [6.45, 7) is 3.64. The van der Waals surface area contributed by atoms with Crippen LogP contribution in [0.3, 0.4) is 0 Å². The van der Waals surface area contributed by atoms with Crippen molar-refractivity contribution in [2.45, 2.75) is 26.0 Å². The Morgan fingerprint density at radius 1 is 1.32 bits per heavy atom. The molecule has 1 aliphatic rings. The second kappa shape index (κ2) is 7.94. The molecule has 1 aromatic heterocycles. The van der Waals surface area contributed by atoms with Gasteiger partial charge in [0.2, 0.25) is 5.91 Å². The van der Waals surface area contributed by atoms with Gasteiger partial charge in [-0.15, -0.1) is 0 Å². The number of rotatable bonds is 5. The molecule has 0 saturated carbocycles. The lowest BCUT2D eigenvalue weighted by molar-refractivity contribution is -0.144. The molecule has 2 amide bonds. The summed E-state index contributed by atoms with van der Waals surface area (Å²) < 4.78 is 7.48. The summed E-state index contributed by atoms with van der Waals surface area (Å²) in [4.78, 5) is 30.6. The van der Waals surface area contributed by atoms with Crippen molar-refractivity contribution in [2.75, 3.05) is 25.0 Å². The molecule has 1 fully saturated rings. The number of nitrogens with zero attached hydrogens (tertiary/aromatic N) is 3. The number of para-hydroxylation sites is 1. The molecular weight excluding hydrogens is 320 g/mol. The molecule has 1 atom stereocenters. The lowest BCUT2D eigenvalue weighted by atomic mass is 10.2. The number of carbonyl (C=O) groups excluding carboxylic acids is 2. The van der Waals surface area contributed by atoms with Gasteiger partial charge >= 0.3 is 0 Å². The van der Waals surface area contributed by atoms with Gasteiger partial charge in [0.05, 0.1) is 13.2 Å². The molecule has 1 unspecified atom stereocenters. The average molecular weight is 342 g/mol. The van der Waals surface area contributed by atoms with Crippen molar-refractivity contribution in [3.05, 3.63) is 48.5 Å². The largest absolute Gasteiger partial charge is 0.365 e. The number of amides is 2. The predicted octanol–water partition coefficient (Wildman–Crippen LogP) is 1.45.